The van der Waals surface area contributed by atoms with Crippen molar-refractivity contribution in [1.82, 2.24) is 0 Å². The Kier molecular flexibility index (Phi) is 12.2. The van der Waals surface area contributed by atoms with E-state index in [-0.39, 0.29) is 25.9 Å². The maximum absolute atomic E-state index is 13.2. The Hall–Kier alpha value is -2.90. The number of benzene rings is 1. The van der Waals surface area contributed by atoms with Crippen LogP contribution in [0, 0.1) is 0 Å². The fourth-order valence-electron chi connectivity index (χ4n) is 3.22. The van der Waals surface area contributed by atoms with Gasteiger partial charge in [-0.05, 0) is 25.7 Å². The first-order valence-electron chi connectivity index (χ1n) is 11.8. The van der Waals surface area contributed by atoms with Crippen molar-refractivity contribution in [3.63, 3.8) is 0 Å². The molecule has 0 heterocycles. The molecule has 0 fully saturated rings. The van der Waals surface area contributed by atoms with Crippen molar-refractivity contribution in [1.29, 1.82) is 0 Å². The molecule has 0 amide bonds. The highest BCUT2D eigenvalue weighted by atomic mass is 16.5. The Morgan fingerprint density at radius 1 is 0.667 bits per heavy atom. The lowest BCUT2D eigenvalue weighted by Crippen LogP contribution is -2.21. The van der Waals surface area contributed by atoms with Gasteiger partial charge in [-0.3, -0.25) is 14.4 Å². The van der Waals surface area contributed by atoms with Gasteiger partial charge in [-0.1, -0.05) is 47.0 Å². The molecule has 0 spiro atoms. The van der Waals surface area contributed by atoms with Gasteiger partial charge in [-0.15, -0.1) is 0 Å². The minimum atomic E-state index is -0.988. The Bertz CT molecular complexity index is 857. The summed E-state index contributed by atoms with van der Waals surface area (Å²) in [5.41, 5.74) is -1.33. The third kappa shape index (κ3) is 7.58. The van der Waals surface area contributed by atoms with E-state index in [4.69, 9.17) is 9.47 Å². The third-order valence-electron chi connectivity index (χ3n) is 5.07. The number of rotatable bonds is 15. The van der Waals surface area contributed by atoms with Crippen molar-refractivity contribution in [3.05, 3.63) is 16.7 Å². The van der Waals surface area contributed by atoms with E-state index in [0.717, 1.165) is 0 Å². The van der Waals surface area contributed by atoms with E-state index in [1.165, 1.54) is 0 Å². The van der Waals surface area contributed by atoms with Gasteiger partial charge in [0.15, 0.2) is 23.1 Å². The maximum atomic E-state index is 13.2. The number of hydrogen-bond acceptors (Lipinski definition) is 8. The number of unbranched alkanes of at least 4 members (excludes halogenated alkanes) is 3. The monoisotopic (exact) mass is 464 g/mol. The van der Waals surface area contributed by atoms with Crippen LogP contribution in [-0.4, -0.2) is 40.3 Å². The molecule has 0 aromatic heterocycles. The second-order valence-corrected chi connectivity index (χ2v) is 7.92. The van der Waals surface area contributed by atoms with Crippen molar-refractivity contribution in [2.75, 3.05) is 6.61 Å². The van der Waals surface area contributed by atoms with Gasteiger partial charge < -0.3 is 19.7 Å². The van der Waals surface area contributed by atoms with Crippen molar-refractivity contribution in [3.8, 4) is 17.2 Å². The number of esters is 2. The Morgan fingerprint density at radius 3 is 1.70 bits per heavy atom. The summed E-state index contributed by atoms with van der Waals surface area (Å²) in [6, 6.07) is 0. The molecule has 2 N–H and O–H groups in total. The quantitative estimate of drug-likeness (QED) is 0.151. The van der Waals surface area contributed by atoms with Gasteiger partial charge in [-0.25, -0.2) is 4.79 Å². The van der Waals surface area contributed by atoms with E-state index in [1.54, 1.807) is 6.92 Å². The smallest absolute Gasteiger partial charge is 0.339 e. The fourth-order valence-corrected chi connectivity index (χ4v) is 3.22. The first-order chi connectivity index (χ1) is 15.7. The molecule has 184 valence electrons. The number of carbonyl (C=O) groups excluding carboxylic acids is 4. The zero-order chi connectivity index (χ0) is 25.0. The van der Waals surface area contributed by atoms with E-state index in [1.807, 2.05) is 20.8 Å². The average Bonchev–Trinajstić information content (AvgIpc) is 2.80. The average molecular weight is 465 g/mol. The van der Waals surface area contributed by atoms with Gasteiger partial charge in [0.2, 0.25) is 5.75 Å². The zero-order valence-corrected chi connectivity index (χ0v) is 20.1. The highest BCUT2D eigenvalue weighted by Crippen LogP contribution is 2.46. The Labute approximate surface area is 195 Å². The molecule has 8 nitrogen and oxygen atoms in total. The highest BCUT2D eigenvalue weighted by molar-refractivity contribution is 6.17. The van der Waals surface area contributed by atoms with Gasteiger partial charge >= 0.3 is 11.9 Å². The molecule has 1 aromatic carbocycles. The van der Waals surface area contributed by atoms with E-state index in [9.17, 15) is 29.4 Å². The number of Topliss-reactive ketones (excluding diaryl/α,β-unsaturated/α-hetero) is 2. The molecule has 33 heavy (non-hydrogen) atoms. The lowest BCUT2D eigenvalue weighted by atomic mass is 9.90. The standard InChI is InChI=1S/C25H36O8/c1-5-9-12-16(26)19-21(25(31)32-15-8-4)20(17(27)13-10-6-2)24(23(30)22(19)29)33-18(28)14-11-7-3/h29-30H,5-15H2,1-4H3. The van der Waals surface area contributed by atoms with Crippen LogP contribution in [0.4, 0.5) is 0 Å². The van der Waals surface area contributed by atoms with Crippen LogP contribution in [0.1, 0.15) is 123 Å². The summed E-state index contributed by atoms with van der Waals surface area (Å²) in [4.78, 5) is 51.5. The molecular formula is C25H36O8. The zero-order valence-electron chi connectivity index (χ0n) is 20.1. The number of ether oxygens (including phenoxy) is 2. The highest BCUT2D eigenvalue weighted by Gasteiger charge is 2.36. The number of carbonyl (C=O) groups is 4. The first-order valence-corrected chi connectivity index (χ1v) is 11.8. The summed E-state index contributed by atoms with van der Waals surface area (Å²) < 4.78 is 10.5. The predicted octanol–water partition coefficient (Wildman–Crippen LogP) is 5.51. The Morgan fingerprint density at radius 2 is 1.18 bits per heavy atom. The molecule has 0 aliphatic rings. The van der Waals surface area contributed by atoms with Crippen LogP contribution in [0.5, 0.6) is 17.2 Å². The normalized spacial score (nSPS) is 10.7. The minimum Gasteiger partial charge on any atom is -0.504 e. The molecule has 1 aromatic rings. The molecule has 0 aliphatic heterocycles. The number of ketones is 2. The van der Waals surface area contributed by atoms with Crippen LogP contribution in [0.15, 0.2) is 0 Å². The van der Waals surface area contributed by atoms with Crippen LogP contribution in [-0.2, 0) is 9.53 Å². The number of phenolic OH excluding ortho intramolecular Hbond substituents is 2. The summed E-state index contributed by atoms with van der Waals surface area (Å²) >= 11 is 0. The van der Waals surface area contributed by atoms with Crippen molar-refractivity contribution < 1.29 is 38.9 Å². The second-order valence-electron chi connectivity index (χ2n) is 7.92. The SMILES string of the molecule is CCCCC(=O)Oc1c(O)c(O)c(C(=O)CCCC)c(C(=O)OCCC)c1C(=O)CCCC. The fraction of sp³-hybridized carbons (Fsp3) is 0.600. The van der Waals surface area contributed by atoms with Gasteiger partial charge in [0.25, 0.3) is 0 Å². The van der Waals surface area contributed by atoms with Crippen LogP contribution in [0.25, 0.3) is 0 Å². The van der Waals surface area contributed by atoms with Crippen molar-refractivity contribution in [2.24, 2.45) is 0 Å². The third-order valence-corrected chi connectivity index (χ3v) is 5.07. The van der Waals surface area contributed by atoms with Gasteiger partial charge in [-0.2, -0.15) is 0 Å². The molecule has 0 radical (unpaired) electrons. The topological polar surface area (TPSA) is 127 Å². The predicted molar refractivity (Wildman–Crippen MR) is 123 cm³/mol. The molecule has 0 saturated heterocycles. The summed E-state index contributed by atoms with van der Waals surface area (Å²) in [7, 11) is 0. The van der Waals surface area contributed by atoms with Gasteiger partial charge in [0.05, 0.1) is 23.3 Å². The summed E-state index contributed by atoms with van der Waals surface area (Å²) in [6.07, 6.45) is 4.06. The molecule has 0 atom stereocenters. The Balaban J connectivity index is 3.84. The summed E-state index contributed by atoms with van der Waals surface area (Å²) in [5.74, 6) is -5.33. The minimum absolute atomic E-state index is 0.00310. The van der Waals surface area contributed by atoms with Crippen LogP contribution < -0.4 is 4.74 Å². The van der Waals surface area contributed by atoms with Gasteiger partial charge in [0, 0.05) is 19.3 Å². The van der Waals surface area contributed by atoms with Crippen molar-refractivity contribution in [2.45, 2.75) is 91.9 Å². The molecule has 0 aliphatic carbocycles. The summed E-state index contributed by atoms with van der Waals surface area (Å²) in [6.45, 7) is 7.44. The molecule has 1 rings (SSSR count). The van der Waals surface area contributed by atoms with E-state index in [0.29, 0.717) is 44.9 Å². The number of phenols is 2. The molecule has 0 unspecified atom stereocenters. The molecule has 8 heteroatoms. The largest absolute Gasteiger partial charge is 0.504 e. The lowest BCUT2D eigenvalue weighted by Gasteiger charge is -2.19. The molecule has 0 bridgehead atoms. The van der Waals surface area contributed by atoms with E-state index in [2.05, 4.69) is 0 Å². The van der Waals surface area contributed by atoms with Gasteiger partial charge in [0.1, 0.15) is 0 Å². The molecular weight excluding hydrogens is 428 g/mol. The van der Waals surface area contributed by atoms with Crippen LogP contribution >= 0.6 is 0 Å². The number of hydrogen-bond donors (Lipinski definition) is 2. The van der Waals surface area contributed by atoms with Crippen LogP contribution in [0.2, 0.25) is 0 Å². The van der Waals surface area contributed by atoms with Crippen molar-refractivity contribution >= 4 is 23.5 Å². The van der Waals surface area contributed by atoms with E-state index < -0.39 is 57.4 Å². The summed E-state index contributed by atoms with van der Waals surface area (Å²) in [5, 5.41) is 21.4. The number of aromatic hydroxyl groups is 2. The van der Waals surface area contributed by atoms with E-state index >= 15 is 0 Å². The second kappa shape index (κ2) is 14.3. The molecule has 0 saturated carbocycles. The van der Waals surface area contributed by atoms with Crippen LogP contribution in [0.3, 0.4) is 0 Å². The first kappa shape index (κ1) is 28.1. The maximum Gasteiger partial charge on any atom is 0.339 e. The lowest BCUT2D eigenvalue weighted by molar-refractivity contribution is -0.134.